The van der Waals surface area contributed by atoms with Gasteiger partial charge < -0.3 is 18.6 Å². The van der Waals surface area contributed by atoms with Crippen LogP contribution in [0.5, 0.6) is 5.88 Å². The van der Waals surface area contributed by atoms with Gasteiger partial charge in [-0.15, -0.1) is 10.2 Å². The molecule has 0 bridgehead atoms. The number of nitrogens with zero attached hydrogens (tertiary/aromatic N) is 4. The highest BCUT2D eigenvalue weighted by molar-refractivity contribution is 6.30. The average molecular weight is 584 g/mol. The van der Waals surface area contributed by atoms with Gasteiger partial charge in [-0.25, -0.2) is 18.2 Å². The molecule has 5 aromatic rings. The summed E-state index contributed by atoms with van der Waals surface area (Å²) in [7, 11) is 0. The standard InChI is InChI=1S/C28H21ClF3N5O4/c29-17-5-4-15(20(30)10-17)14-40-27-3-1-2-23(33-27)19-11-21(31)16(8-22(19)32)9-25-34-35-28(24-12-26(38)36-41-24)37(25)13-18-6-7-39-18/h1-5,8,10-12,18H,6-7,9,13-14H2,(H,36,38)/t18-/m0/s1. The third-order valence-electron chi connectivity index (χ3n) is 6.63. The maximum Gasteiger partial charge on any atom is 0.280 e. The van der Waals surface area contributed by atoms with Crippen molar-refractivity contribution in [1.29, 1.82) is 0 Å². The lowest BCUT2D eigenvalue weighted by atomic mass is 10.0. The van der Waals surface area contributed by atoms with E-state index in [1.807, 2.05) is 0 Å². The monoisotopic (exact) mass is 583 g/mol. The van der Waals surface area contributed by atoms with Crippen LogP contribution < -0.4 is 10.3 Å². The molecule has 4 heterocycles. The highest BCUT2D eigenvalue weighted by Crippen LogP contribution is 2.28. The third-order valence-corrected chi connectivity index (χ3v) is 6.86. The Kier molecular flexibility index (Phi) is 7.33. The number of hydrogen-bond donors (Lipinski definition) is 1. The van der Waals surface area contributed by atoms with Crippen molar-refractivity contribution >= 4 is 11.6 Å². The van der Waals surface area contributed by atoms with Crippen LogP contribution >= 0.6 is 11.6 Å². The van der Waals surface area contributed by atoms with Crippen LogP contribution in [0.3, 0.4) is 0 Å². The van der Waals surface area contributed by atoms with Gasteiger partial charge in [0.1, 0.15) is 29.9 Å². The van der Waals surface area contributed by atoms with Crippen LogP contribution in [0.1, 0.15) is 23.4 Å². The summed E-state index contributed by atoms with van der Waals surface area (Å²) in [6, 6.07) is 12.2. The SMILES string of the molecule is O=c1cc(-c2nnc(Cc3cc(F)c(-c4cccc(OCc5ccc(Cl)cc5F)n4)cc3F)n2C[C@@H]2CCO2)o[nH]1. The highest BCUT2D eigenvalue weighted by atomic mass is 35.5. The van der Waals surface area contributed by atoms with Gasteiger partial charge in [0, 0.05) is 35.2 Å². The molecule has 2 aromatic carbocycles. The van der Waals surface area contributed by atoms with Gasteiger partial charge in [0.05, 0.1) is 24.4 Å². The Hall–Kier alpha value is -4.42. The quantitative estimate of drug-likeness (QED) is 0.250. The molecule has 0 aliphatic carbocycles. The molecule has 1 fully saturated rings. The number of nitrogens with one attached hydrogen (secondary N) is 1. The van der Waals surface area contributed by atoms with Gasteiger partial charge in [0.15, 0.2) is 0 Å². The van der Waals surface area contributed by atoms with Crippen LogP contribution in [0.25, 0.3) is 22.8 Å². The molecular weight excluding hydrogens is 563 g/mol. The summed E-state index contributed by atoms with van der Waals surface area (Å²) in [4.78, 5) is 15.9. The van der Waals surface area contributed by atoms with Crippen molar-refractivity contribution in [3.05, 3.63) is 104 Å². The molecule has 41 heavy (non-hydrogen) atoms. The molecule has 210 valence electrons. The summed E-state index contributed by atoms with van der Waals surface area (Å²) >= 11 is 5.78. The highest BCUT2D eigenvalue weighted by Gasteiger charge is 2.25. The molecule has 6 rings (SSSR count). The molecular formula is C28H21ClF3N5O4. The first kappa shape index (κ1) is 26.8. The summed E-state index contributed by atoms with van der Waals surface area (Å²) in [6.45, 7) is 0.845. The second-order valence-corrected chi connectivity index (χ2v) is 9.83. The van der Waals surface area contributed by atoms with E-state index in [-0.39, 0.29) is 64.0 Å². The average Bonchev–Trinajstić information content (AvgIpc) is 3.53. The summed E-state index contributed by atoms with van der Waals surface area (Å²) in [5.74, 6) is -1.03. The van der Waals surface area contributed by atoms with Crippen molar-refractivity contribution in [2.24, 2.45) is 0 Å². The largest absolute Gasteiger partial charge is 0.473 e. The van der Waals surface area contributed by atoms with Crippen LogP contribution in [0.15, 0.2) is 63.9 Å². The molecule has 0 spiro atoms. The Morgan fingerprint density at radius 2 is 1.85 bits per heavy atom. The van der Waals surface area contributed by atoms with Crippen LogP contribution in [-0.2, 0) is 24.3 Å². The number of rotatable bonds is 9. The van der Waals surface area contributed by atoms with Gasteiger partial charge in [-0.05, 0) is 42.3 Å². The van der Waals surface area contributed by atoms with Gasteiger partial charge in [0.25, 0.3) is 5.56 Å². The first-order valence-electron chi connectivity index (χ1n) is 12.6. The fourth-order valence-corrected chi connectivity index (χ4v) is 4.55. The molecule has 0 amide bonds. The smallest absolute Gasteiger partial charge is 0.280 e. The molecule has 0 radical (unpaired) electrons. The Labute approximate surface area is 235 Å². The lowest BCUT2D eigenvalue weighted by molar-refractivity contribution is -0.0593. The van der Waals surface area contributed by atoms with Crippen LogP contribution in [0.4, 0.5) is 13.2 Å². The molecule has 1 atom stereocenters. The normalized spacial score (nSPS) is 14.7. The summed E-state index contributed by atoms with van der Waals surface area (Å²) in [5, 5.41) is 10.7. The van der Waals surface area contributed by atoms with Crippen LogP contribution in [0.2, 0.25) is 5.02 Å². The van der Waals surface area contributed by atoms with Crippen molar-refractivity contribution in [3.63, 3.8) is 0 Å². The van der Waals surface area contributed by atoms with Crippen molar-refractivity contribution in [3.8, 4) is 28.7 Å². The molecule has 1 aliphatic rings. The lowest BCUT2D eigenvalue weighted by Gasteiger charge is -2.27. The molecule has 1 aliphatic heterocycles. The molecule has 1 N–H and O–H groups in total. The number of ether oxygens (including phenoxy) is 2. The maximum atomic E-state index is 15.3. The zero-order valence-corrected chi connectivity index (χ0v) is 22.0. The minimum absolute atomic E-state index is 0.0436. The van der Waals surface area contributed by atoms with Gasteiger partial charge >= 0.3 is 0 Å². The minimum Gasteiger partial charge on any atom is -0.473 e. The first-order chi connectivity index (χ1) is 19.8. The zero-order valence-electron chi connectivity index (χ0n) is 21.2. The molecule has 1 saturated heterocycles. The minimum atomic E-state index is -0.708. The Bertz CT molecular complexity index is 1780. The number of pyridine rings is 1. The lowest BCUT2D eigenvalue weighted by Crippen LogP contribution is -2.32. The third kappa shape index (κ3) is 5.74. The molecule has 13 heteroatoms. The van der Waals surface area contributed by atoms with Gasteiger partial charge in [0.2, 0.25) is 17.5 Å². The van der Waals surface area contributed by atoms with Crippen molar-refractivity contribution in [2.75, 3.05) is 6.61 Å². The number of benzene rings is 2. The topological polar surface area (TPSA) is 108 Å². The summed E-state index contributed by atoms with van der Waals surface area (Å²) in [6.07, 6.45) is 0.631. The molecule has 3 aromatic heterocycles. The van der Waals surface area contributed by atoms with Crippen LogP contribution in [0, 0.1) is 17.5 Å². The van der Waals surface area contributed by atoms with E-state index >= 15 is 8.78 Å². The fraction of sp³-hybridized carbons (Fsp3) is 0.214. The molecule has 0 unspecified atom stereocenters. The van der Waals surface area contributed by atoms with Gasteiger partial charge in [-0.3, -0.25) is 4.79 Å². The predicted octanol–water partition coefficient (Wildman–Crippen LogP) is 5.32. The van der Waals surface area contributed by atoms with Gasteiger partial charge in [-0.2, -0.15) is 5.16 Å². The maximum absolute atomic E-state index is 15.3. The zero-order chi connectivity index (χ0) is 28.5. The number of halogens is 4. The van der Waals surface area contributed by atoms with E-state index in [9.17, 15) is 9.18 Å². The van der Waals surface area contributed by atoms with Crippen molar-refractivity contribution < 1.29 is 27.2 Å². The van der Waals surface area contributed by atoms with E-state index in [2.05, 4.69) is 20.3 Å². The van der Waals surface area contributed by atoms with E-state index in [0.717, 1.165) is 18.6 Å². The second kappa shape index (κ2) is 11.2. The molecule has 0 saturated carbocycles. The van der Waals surface area contributed by atoms with Crippen molar-refractivity contribution in [1.82, 2.24) is 24.9 Å². The van der Waals surface area contributed by atoms with E-state index in [1.165, 1.54) is 36.4 Å². The number of aromatic amines is 1. The van der Waals surface area contributed by atoms with E-state index in [0.29, 0.717) is 19.0 Å². The van der Waals surface area contributed by atoms with Crippen LogP contribution in [-0.4, -0.2) is 37.6 Å². The number of hydrogen-bond acceptors (Lipinski definition) is 7. The predicted molar refractivity (Wildman–Crippen MR) is 141 cm³/mol. The Balaban J connectivity index is 1.24. The Morgan fingerprint density at radius 3 is 2.59 bits per heavy atom. The Morgan fingerprint density at radius 1 is 1.02 bits per heavy atom. The molecule has 9 nitrogen and oxygen atoms in total. The summed E-state index contributed by atoms with van der Waals surface area (Å²) < 4.78 is 62.7. The van der Waals surface area contributed by atoms with E-state index in [1.54, 1.807) is 10.6 Å². The first-order valence-corrected chi connectivity index (χ1v) is 13.0. The van der Waals surface area contributed by atoms with Gasteiger partial charge in [-0.1, -0.05) is 23.7 Å². The second-order valence-electron chi connectivity index (χ2n) is 9.39. The van der Waals surface area contributed by atoms with E-state index < -0.39 is 23.0 Å². The summed E-state index contributed by atoms with van der Waals surface area (Å²) in [5.41, 5.74) is -0.0747. The number of H-pyrrole nitrogens is 1. The van der Waals surface area contributed by atoms with E-state index in [4.69, 9.17) is 25.6 Å². The fourth-order valence-electron chi connectivity index (χ4n) is 4.39. The number of aromatic nitrogens is 5. The van der Waals surface area contributed by atoms with Crippen molar-refractivity contribution in [2.45, 2.75) is 32.1 Å².